The molecule has 0 saturated carbocycles. The van der Waals surface area contributed by atoms with E-state index in [0.29, 0.717) is 6.61 Å². The maximum atomic E-state index is 11.5. The molecular weight excluding hydrogens is 292 g/mol. The van der Waals surface area contributed by atoms with E-state index in [9.17, 15) is 4.79 Å². The number of nitrogens with one attached hydrogen (secondary N) is 1. The van der Waals surface area contributed by atoms with Gasteiger partial charge in [0.2, 0.25) is 5.91 Å². The minimum absolute atomic E-state index is 0.134. The SMILES string of the molecule is CNC(=O)C1CN(Cc2ccc(OCc3cncnc3)cc2)C1. The van der Waals surface area contributed by atoms with Crippen LogP contribution in [0.4, 0.5) is 0 Å². The van der Waals surface area contributed by atoms with Gasteiger partial charge in [-0.25, -0.2) is 9.97 Å². The number of rotatable bonds is 6. The van der Waals surface area contributed by atoms with Crippen LogP contribution in [0.2, 0.25) is 0 Å². The molecule has 0 bridgehead atoms. The quantitative estimate of drug-likeness (QED) is 0.869. The maximum Gasteiger partial charge on any atom is 0.225 e. The average Bonchev–Trinajstić information content (AvgIpc) is 2.57. The van der Waals surface area contributed by atoms with Crippen molar-refractivity contribution in [3.05, 3.63) is 54.1 Å². The van der Waals surface area contributed by atoms with Gasteiger partial charge in [-0.05, 0) is 17.7 Å². The zero-order valence-electron chi connectivity index (χ0n) is 13.1. The minimum atomic E-state index is 0.134. The molecule has 6 heteroatoms. The molecule has 1 aromatic heterocycles. The van der Waals surface area contributed by atoms with E-state index in [1.807, 2.05) is 12.1 Å². The molecule has 1 aromatic carbocycles. The number of carbonyl (C=O) groups is 1. The summed E-state index contributed by atoms with van der Waals surface area (Å²) in [7, 11) is 1.69. The molecule has 1 aliphatic heterocycles. The Labute approximate surface area is 135 Å². The second kappa shape index (κ2) is 7.19. The number of hydrogen-bond acceptors (Lipinski definition) is 5. The molecule has 0 aliphatic carbocycles. The van der Waals surface area contributed by atoms with Gasteiger partial charge in [0.15, 0.2) is 0 Å². The Morgan fingerprint density at radius 1 is 1.22 bits per heavy atom. The van der Waals surface area contributed by atoms with Crippen LogP contribution in [0.3, 0.4) is 0 Å². The molecule has 3 rings (SSSR count). The summed E-state index contributed by atoms with van der Waals surface area (Å²) in [5, 5.41) is 2.70. The monoisotopic (exact) mass is 312 g/mol. The molecule has 1 fully saturated rings. The molecule has 2 heterocycles. The van der Waals surface area contributed by atoms with E-state index in [2.05, 4.69) is 32.3 Å². The molecule has 0 unspecified atom stereocenters. The summed E-state index contributed by atoms with van der Waals surface area (Å²) in [4.78, 5) is 21.6. The van der Waals surface area contributed by atoms with Crippen LogP contribution in [-0.4, -0.2) is 40.9 Å². The van der Waals surface area contributed by atoms with Gasteiger partial charge in [-0.15, -0.1) is 0 Å². The molecule has 0 radical (unpaired) electrons. The van der Waals surface area contributed by atoms with Crippen LogP contribution in [0.15, 0.2) is 43.0 Å². The average molecular weight is 312 g/mol. The van der Waals surface area contributed by atoms with Crippen molar-refractivity contribution in [2.24, 2.45) is 5.92 Å². The van der Waals surface area contributed by atoms with E-state index in [-0.39, 0.29) is 11.8 Å². The normalized spacial score (nSPS) is 15.0. The van der Waals surface area contributed by atoms with Crippen LogP contribution in [0.25, 0.3) is 0 Å². The first kappa shape index (κ1) is 15.4. The van der Waals surface area contributed by atoms with Crippen molar-refractivity contribution in [3.8, 4) is 5.75 Å². The van der Waals surface area contributed by atoms with Gasteiger partial charge in [0.05, 0.1) is 5.92 Å². The van der Waals surface area contributed by atoms with E-state index in [0.717, 1.165) is 30.9 Å². The predicted octanol–water partition coefficient (Wildman–Crippen LogP) is 1.23. The van der Waals surface area contributed by atoms with Crippen molar-refractivity contribution < 1.29 is 9.53 Å². The molecule has 23 heavy (non-hydrogen) atoms. The molecule has 0 spiro atoms. The Hall–Kier alpha value is -2.47. The lowest BCUT2D eigenvalue weighted by Gasteiger charge is -2.38. The van der Waals surface area contributed by atoms with Gasteiger partial charge >= 0.3 is 0 Å². The highest BCUT2D eigenvalue weighted by atomic mass is 16.5. The van der Waals surface area contributed by atoms with Gasteiger partial charge in [0.1, 0.15) is 18.7 Å². The fourth-order valence-electron chi connectivity index (χ4n) is 2.59. The van der Waals surface area contributed by atoms with Crippen LogP contribution >= 0.6 is 0 Å². The van der Waals surface area contributed by atoms with Gasteiger partial charge in [0.25, 0.3) is 0 Å². The largest absolute Gasteiger partial charge is 0.489 e. The number of carbonyl (C=O) groups excluding carboxylic acids is 1. The van der Waals surface area contributed by atoms with Gasteiger partial charge in [-0.1, -0.05) is 12.1 Å². The highest BCUT2D eigenvalue weighted by Gasteiger charge is 2.31. The van der Waals surface area contributed by atoms with Crippen molar-refractivity contribution in [1.82, 2.24) is 20.2 Å². The van der Waals surface area contributed by atoms with Crippen molar-refractivity contribution in [2.45, 2.75) is 13.2 Å². The third-order valence-electron chi connectivity index (χ3n) is 3.92. The Morgan fingerprint density at radius 3 is 2.57 bits per heavy atom. The Kier molecular flexibility index (Phi) is 4.83. The van der Waals surface area contributed by atoms with E-state index >= 15 is 0 Å². The lowest BCUT2D eigenvalue weighted by Crippen LogP contribution is -2.52. The molecular formula is C17H20N4O2. The van der Waals surface area contributed by atoms with Crippen LogP contribution < -0.4 is 10.1 Å². The van der Waals surface area contributed by atoms with E-state index in [1.54, 1.807) is 19.4 Å². The Bertz CT molecular complexity index is 639. The van der Waals surface area contributed by atoms with Gasteiger partial charge < -0.3 is 10.1 Å². The van der Waals surface area contributed by atoms with Gasteiger partial charge in [-0.3, -0.25) is 9.69 Å². The fourth-order valence-corrected chi connectivity index (χ4v) is 2.59. The number of ether oxygens (including phenoxy) is 1. The highest BCUT2D eigenvalue weighted by Crippen LogP contribution is 2.20. The number of hydrogen-bond donors (Lipinski definition) is 1. The molecule has 6 nitrogen and oxygen atoms in total. The van der Waals surface area contributed by atoms with Crippen LogP contribution in [-0.2, 0) is 17.9 Å². The summed E-state index contributed by atoms with van der Waals surface area (Å²) in [6.45, 7) is 2.97. The van der Waals surface area contributed by atoms with E-state index < -0.39 is 0 Å². The standard InChI is InChI=1S/C17H20N4O2/c1-18-17(22)15-9-21(10-15)8-13-2-4-16(5-3-13)23-11-14-6-19-12-20-7-14/h2-7,12,15H,8-11H2,1H3,(H,18,22). The summed E-state index contributed by atoms with van der Waals surface area (Å²) in [6, 6.07) is 8.05. The molecule has 120 valence electrons. The predicted molar refractivity (Wildman–Crippen MR) is 85.6 cm³/mol. The number of likely N-dealkylation sites (tertiary alicyclic amines) is 1. The van der Waals surface area contributed by atoms with Crippen molar-refractivity contribution in [3.63, 3.8) is 0 Å². The minimum Gasteiger partial charge on any atom is -0.489 e. The third kappa shape index (κ3) is 4.04. The van der Waals surface area contributed by atoms with Crippen LogP contribution in [0.5, 0.6) is 5.75 Å². The summed E-state index contributed by atoms with van der Waals surface area (Å²) >= 11 is 0. The Morgan fingerprint density at radius 2 is 1.91 bits per heavy atom. The van der Waals surface area contributed by atoms with Crippen LogP contribution in [0, 0.1) is 5.92 Å². The first-order valence-electron chi connectivity index (χ1n) is 7.64. The smallest absolute Gasteiger partial charge is 0.225 e. The summed E-state index contributed by atoms with van der Waals surface area (Å²) in [5.41, 5.74) is 2.16. The molecule has 2 aromatic rings. The summed E-state index contributed by atoms with van der Waals surface area (Å²) in [6.07, 6.45) is 4.99. The lowest BCUT2D eigenvalue weighted by atomic mass is 9.98. The molecule has 1 saturated heterocycles. The second-order valence-corrected chi connectivity index (χ2v) is 5.68. The first-order chi connectivity index (χ1) is 11.2. The number of benzene rings is 1. The highest BCUT2D eigenvalue weighted by molar-refractivity contribution is 5.79. The summed E-state index contributed by atoms with van der Waals surface area (Å²) in [5.74, 6) is 1.09. The summed E-state index contributed by atoms with van der Waals surface area (Å²) < 4.78 is 5.71. The zero-order valence-corrected chi connectivity index (χ0v) is 13.1. The fraction of sp³-hybridized carbons (Fsp3) is 0.353. The number of aromatic nitrogens is 2. The Balaban J connectivity index is 1.45. The van der Waals surface area contributed by atoms with Gasteiger partial charge in [-0.2, -0.15) is 0 Å². The van der Waals surface area contributed by atoms with Crippen LogP contribution in [0.1, 0.15) is 11.1 Å². The van der Waals surface area contributed by atoms with Crippen molar-refractivity contribution >= 4 is 5.91 Å². The zero-order chi connectivity index (χ0) is 16.1. The van der Waals surface area contributed by atoms with E-state index in [1.165, 1.54) is 11.9 Å². The first-order valence-corrected chi connectivity index (χ1v) is 7.64. The number of nitrogens with zero attached hydrogens (tertiary/aromatic N) is 3. The second-order valence-electron chi connectivity index (χ2n) is 5.68. The number of amides is 1. The molecule has 1 amide bonds. The molecule has 1 aliphatic rings. The topological polar surface area (TPSA) is 67.4 Å². The van der Waals surface area contributed by atoms with Crippen molar-refractivity contribution in [1.29, 1.82) is 0 Å². The third-order valence-corrected chi connectivity index (χ3v) is 3.92. The lowest BCUT2D eigenvalue weighted by molar-refractivity contribution is -0.129. The van der Waals surface area contributed by atoms with Crippen molar-refractivity contribution in [2.75, 3.05) is 20.1 Å². The van der Waals surface area contributed by atoms with Gasteiger partial charge in [0, 0.05) is 44.6 Å². The molecule has 1 N–H and O–H groups in total. The molecule has 0 atom stereocenters. The maximum absolute atomic E-state index is 11.5. The van der Waals surface area contributed by atoms with E-state index in [4.69, 9.17) is 4.74 Å².